The van der Waals surface area contributed by atoms with Crippen molar-refractivity contribution in [1.82, 2.24) is 5.32 Å². The molecule has 16 heavy (non-hydrogen) atoms. The standard InChI is InChI=1S/C11H22N2O3/c1-5-6-8(12)10(14)13-9(7(2)3)11(15)16-4/h7-9H,5-6,12H2,1-4H3,(H,13,14)/t8-,9-/m0/s1. The molecule has 0 aromatic carbocycles. The van der Waals surface area contributed by atoms with Crippen molar-refractivity contribution in [1.29, 1.82) is 0 Å². The molecule has 0 unspecified atom stereocenters. The van der Waals surface area contributed by atoms with Crippen LogP contribution in [0, 0.1) is 5.92 Å². The molecule has 5 nitrogen and oxygen atoms in total. The van der Waals surface area contributed by atoms with Crippen LogP contribution in [-0.4, -0.2) is 31.1 Å². The molecule has 3 N–H and O–H groups in total. The highest BCUT2D eigenvalue weighted by Crippen LogP contribution is 2.04. The van der Waals surface area contributed by atoms with Crippen LogP contribution in [0.3, 0.4) is 0 Å². The topological polar surface area (TPSA) is 81.4 Å². The summed E-state index contributed by atoms with van der Waals surface area (Å²) in [5.74, 6) is -0.761. The molecular weight excluding hydrogens is 208 g/mol. The Bertz CT molecular complexity index is 241. The molecule has 0 saturated carbocycles. The first-order valence-corrected chi connectivity index (χ1v) is 5.57. The zero-order valence-electron chi connectivity index (χ0n) is 10.4. The number of rotatable bonds is 6. The summed E-state index contributed by atoms with van der Waals surface area (Å²) in [6.45, 7) is 5.63. The molecule has 0 spiro atoms. The van der Waals surface area contributed by atoms with E-state index in [9.17, 15) is 9.59 Å². The number of esters is 1. The molecule has 0 aromatic rings. The maximum atomic E-state index is 11.6. The number of methoxy groups -OCH3 is 1. The molecule has 1 amide bonds. The van der Waals surface area contributed by atoms with Gasteiger partial charge in [0.2, 0.25) is 5.91 Å². The maximum Gasteiger partial charge on any atom is 0.328 e. The van der Waals surface area contributed by atoms with E-state index in [1.54, 1.807) is 0 Å². The van der Waals surface area contributed by atoms with Crippen LogP contribution in [0.4, 0.5) is 0 Å². The van der Waals surface area contributed by atoms with Crippen molar-refractivity contribution in [3.05, 3.63) is 0 Å². The third-order valence-corrected chi connectivity index (χ3v) is 2.36. The highest BCUT2D eigenvalue weighted by atomic mass is 16.5. The lowest BCUT2D eigenvalue weighted by Gasteiger charge is -2.21. The fourth-order valence-corrected chi connectivity index (χ4v) is 1.33. The Kier molecular flexibility index (Phi) is 6.72. The molecule has 5 heteroatoms. The Hall–Kier alpha value is -1.10. The number of amides is 1. The van der Waals surface area contributed by atoms with Crippen LogP contribution < -0.4 is 11.1 Å². The SMILES string of the molecule is CCC[C@H](N)C(=O)N[C@H](C(=O)OC)C(C)C. The number of carbonyl (C=O) groups excluding carboxylic acids is 2. The van der Waals surface area contributed by atoms with Gasteiger partial charge in [-0.05, 0) is 12.3 Å². The normalized spacial score (nSPS) is 14.4. The van der Waals surface area contributed by atoms with Crippen molar-refractivity contribution in [3.8, 4) is 0 Å². The van der Waals surface area contributed by atoms with Gasteiger partial charge in [0.1, 0.15) is 6.04 Å². The first-order valence-electron chi connectivity index (χ1n) is 5.57. The zero-order chi connectivity index (χ0) is 12.7. The summed E-state index contributed by atoms with van der Waals surface area (Å²) in [5.41, 5.74) is 5.65. The van der Waals surface area contributed by atoms with Crippen LogP contribution in [0.15, 0.2) is 0 Å². The van der Waals surface area contributed by atoms with Gasteiger partial charge in [0.15, 0.2) is 0 Å². The van der Waals surface area contributed by atoms with Gasteiger partial charge in [-0.15, -0.1) is 0 Å². The Morgan fingerprint density at radius 2 is 1.94 bits per heavy atom. The number of carbonyl (C=O) groups is 2. The van der Waals surface area contributed by atoms with Gasteiger partial charge in [0.05, 0.1) is 13.2 Å². The predicted molar refractivity (Wildman–Crippen MR) is 61.7 cm³/mol. The average molecular weight is 230 g/mol. The second-order valence-electron chi connectivity index (χ2n) is 4.15. The van der Waals surface area contributed by atoms with Crippen LogP contribution in [-0.2, 0) is 14.3 Å². The van der Waals surface area contributed by atoms with Gasteiger partial charge >= 0.3 is 5.97 Å². The minimum Gasteiger partial charge on any atom is -0.467 e. The van der Waals surface area contributed by atoms with Gasteiger partial charge in [-0.2, -0.15) is 0 Å². The van der Waals surface area contributed by atoms with Crippen molar-refractivity contribution in [2.24, 2.45) is 11.7 Å². The fraction of sp³-hybridized carbons (Fsp3) is 0.818. The summed E-state index contributed by atoms with van der Waals surface area (Å²) in [6.07, 6.45) is 1.44. The number of ether oxygens (including phenoxy) is 1. The third-order valence-electron chi connectivity index (χ3n) is 2.36. The molecule has 94 valence electrons. The summed E-state index contributed by atoms with van der Waals surface area (Å²) in [6, 6.07) is -1.18. The second kappa shape index (κ2) is 7.22. The Morgan fingerprint density at radius 3 is 2.31 bits per heavy atom. The molecule has 0 aliphatic heterocycles. The monoisotopic (exact) mass is 230 g/mol. The fourth-order valence-electron chi connectivity index (χ4n) is 1.33. The highest BCUT2D eigenvalue weighted by molar-refractivity contribution is 5.87. The molecule has 0 aliphatic carbocycles. The first kappa shape index (κ1) is 14.9. The quantitative estimate of drug-likeness (QED) is 0.648. The summed E-state index contributed by atoms with van der Waals surface area (Å²) < 4.78 is 4.62. The summed E-state index contributed by atoms with van der Waals surface area (Å²) >= 11 is 0. The van der Waals surface area contributed by atoms with Gasteiger partial charge in [0, 0.05) is 0 Å². The lowest BCUT2D eigenvalue weighted by molar-refractivity contribution is -0.146. The smallest absolute Gasteiger partial charge is 0.328 e. The minimum atomic E-state index is -0.625. The van der Waals surface area contributed by atoms with Gasteiger partial charge < -0.3 is 15.8 Å². The maximum absolute atomic E-state index is 11.6. The number of nitrogens with one attached hydrogen (secondary N) is 1. The number of nitrogens with two attached hydrogens (primary N) is 1. The lowest BCUT2D eigenvalue weighted by atomic mass is 10.0. The van der Waals surface area contributed by atoms with Gasteiger partial charge in [-0.1, -0.05) is 27.2 Å². The van der Waals surface area contributed by atoms with E-state index >= 15 is 0 Å². The van der Waals surface area contributed by atoms with Crippen LogP contribution in [0.25, 0.3) is 0 Å². The molecule has 2 atom stereocenters. The van der Waals surface area contributed by atoms with Crippen LogP contribution in [0.2, 0.25) is 0 Å². The lowest BCUT2D eigenvalue weighted by Crippen LogP contribution is -2.50. The van der Waals surface area contributed by atoms with Crippen molar-refractivity contribution < 1.29 is 14.3 Å². The van der Waals surface area contributed by atoms with E-state index in [-0.39, 0.29) is 11.8 Å². The van der Waals surface area contributed by atoms with Crippen molar-refractivity contribution in [3.63, 3.8) is 0 Å². The van der Waals surface area contributed by atoms with Crippen molar-refractivity contribution in [2.75, 3.05) is 7.11 Å². The van der Waals surface area contributed by atoms with Crippen molar-refractivity contribution >= 4 is 11.9 Å². The Labute approximate surface area is 96.7 Å². The molecule has 0 bridgehead atoms. The van der Waals surface area contributed by atoms with Crippen LogP contribution in [0.5, 0.6) is 0 Å². The Morgan fingerprint density at radius 1 is 1.38 bits per heavy atom. The van der Waals surface area contributed by atoms with E-state index in [4.69, 9.17) is 5.73 Å². The second-order valence-corrected chi connectivity index (χ2v) is 4.15. The zero-order valence-corrected chi connectivity index (χ0v) is 10.4. The molecular formula is C11H22N2O3. The van der Waals surface area contributed by atoms with E-state index < -0.39 is 18.1 Å². The third kappa shape index (κ3) is 4.61. The van der Waals surface area contributed by atoms with Crippen molar-refractivity contribution in [2.45, 2.75) is 45.7 Å². The molecule has 0 rings (SSSR count). The molecule has 0 fully saturated rings. The van der Waals surface area contributed by atoms with E-state index in [0.717, 1.165) is 6.42 Å². The van der Waals surface area contributed by atoms with Gasteiger partial charge in [-0.25, -0.2) is 4.79 Å². The summed E-state index contributed by atoms with van der Waals surface area (Å²) in [5, 5.41) is 2.61. The van der Waals surface area contributed by atoms with Crippen LogP contribution in [0.1, 0.15) is 33.6 Å². The van der Waals surface area contributed by atoms with Crippen LogP contribution >= 0.6 is 0 Å². The average Bonchev–Trinajstić information content (AvgIpc) is 2.24. The molecule has 0 aromatic heterocycles. The van der Waals surface area contributed by atoms with E-state index in [1.165, 1.54) is 7.11 Å². The summed E-state index contributed by atoms with van der Waals surface area (Å²) in [4.78, 5) is 23.0. The predicted octanol–water partition coefficient (Wildman–Crippen LogP) is 0.428. The molecule has 0 radical (unpaired) electrons. The number of hydrogen-bond donors (Lipinski definition) is 2. The molecule has 0 saturated heterocycles. The molecule has 0 aliphatic rings. The first-order chi connectivity index (χ1) is 7.43. The van der Waals surface area contributed by atoms with Gasteiger partial charge in [0.25, 0.3) is 0 Å². The Balaban J connectivity index is 4.40. The molecule has 0 heterocycles. The largest absolute Gasteiger partial charge is 0.467 e. The van der Waals surface area contributed by atoms with E-state index in [2.05, 4.69) is 10.1 Å². The number of hydrogen-bond acceptors (Lipinski definition) is 4. The van der Waals surface area contributed by atoms with E-state index in [1.807, 2.05) is 20.8 Å². The van der Waals surface area contributed by atoms with E-state index in [0.29, 0.717) is 6.42 Å². The summed E-state index contributed by atoms with van der Waals surface area (Å²) in [7, 11) is 1.30. The van der Waals surface area contributed by atoms with Gasteiger partial charge in [-0.3, -0.25) is 4.79 Å². The highest BCUT2D eigenvalue weighted by Gasteiger charge is 2.26. The minimum absolute atomic E-state index is 0.0229.